The van der Waals surface area contributed by atoms with Crippen molar-refractivity contribution in [1.82, 2.24) is 4.98 Å². The van der Waals surface area contributed by atoms with Crippen LogP contribution in [0.25, 0.3) is 0 Å². The van der Waals surface area contributed by atoms with Crippen LogP contribution in [0.1, 0.15) is 30.2 Å². The topological polar surface area (TPSA) is 64.1 Å². The summed E-state index contributed by atoms with van der Waals surface area (Å²) < 4.78 is 5.33. The molecule has 0 aliphatic carbocycles. The molecule has 0 spiro atoms. The standard InChI is InChI=1S/C15H19N3OS/c1-10-7-8-17-15(13(10)14(16)20)18-11(2)5-6-12-4-3-9-19-12/h3-4,7-9,11H,5-6H2,1-2H3,(H2,16,20)(H,17,18). The molecule has 0 aromatic carbocycles. The first-order valence-electron chi connectivity index (χ1n) is 6.62. The van der Waals surface area contributed by atoms with Crippen LogP contribution in [0, 0.1) is 6.92 Å². The van der Waals surface area contributed by atoms with E-state index >= 15 is 0 Å². The van der Waals surface area contributed by atoms with Crippen molar-refractivity contribution in [3.63, 3.8) is 0 Å². The summed E-state index contributed by atoms with van der Waals surface area (Å²) >= 11 is 5.10. The molecule has 2 heterocycles. The molecule has 0 aliphatic heterocycles. The molecule has 0 aliphatic rings. The lowest BCUT2D eigenvalue weighted by Gasteiger charge is -2.17. The highest BCUT2D eigenvalue weighted by molar-refractivity contribution is 7.80. The van der Waals surface area contributed by atoms with Gasteiger partial charge in [-0.15, -0.1) is 0 Å². The van der Waals surface area contributed by atoms with Gasteiger partial charge >= 0.3 is 0 Å². The fraction of sp³-hybridized carbons (Fsp3) is 0.333. The summed E-state index contributed by atoms with van der Waals surface area (Å²) in [6.45, 7) is 4.09. The SMILES string of the molecule is Cc1ccnc(NC(C)CCc2ccco2)c1C(N)=S. The Balaban J connectivity index is 2.02. The van der Waals surface area contributed by atoms with Crippen molar-refractivity contribution in [2.45, 2.75) is 32.7 Å². The van der Waals surface area contributed by atoms with E-state index in [1.165, 1.54) is 0 Å². The van der Waals surface area contributed by atoms with Crippen molar-refractivity contribution in [3.8, 4) is 0 Å². The Labute approximate surface area is 124 Å². The average molecular weight is 289 g/mol. The van der Waals surface area contributed by atoms with E-state index in [0.717, 1.165) is 35.5 Å². The quantitative estimate of drug-likeness (QED) is 0.800. The smallest absolute Gasteiger partial charge is 0.136 e. The van der Waals surface area contributed by atoms with Crippen LogP contribution < -0.4 is 11.1 Å². The maximum atomic E-state index is 5.78. The lowest BCUT2D eigenvalue weighted by molar-refractivity contribution is 0.495. The number of aryl methyl sites for hydroxylation is 2. The first-order chi connectivity index (χ1) is 9.58. The van der Waals surface area contributed by atoms with Crippen LogP contribution in [-0.4, -0.2) is 16.0 Å². The molecular formula is C15H19N3OS. The number of furan rings is 1. The molecule has 2 rings (SSSR count). The summed E-state index contributed by atoms with van der Waals surface area (Å²) in [5.74, 6) is 1.75. The molecule has 1 atom stereocenters. The van der Waals surface area contributed by atoms with E-state index in [9.17, 15) is 0 Å². The monoisotopic (exact) mass is 289 g/mol. The van der Waals surface area contributed by atoms with E-state index in [4.69, 9.17) is 22.4 Å². The minimum Gasteiger partial charge on any atom is -0.469 e. The first-order valence-corrected chi connectivity index (χ1v) is 7.03. The third-order valence-corrected chi connectivity index (χ3v) is 3.40. The Kier molecular flexibility index (Phi) is 4.74. The third kappa shape index (κ3) is 3.57. The Morgan fingerprint density at radius 2 is 2.30 bits per heavy atom. The van der Waals surface area contributed by atoms with E-state index in [1.807, 2.05) is 25.1 Å². The van der Waals surface area contributed by atoms with Crippen LogP contribution in [0.4, 0.5) is 5.82 Å². The molecule has 20 heavy (non-hydrogen) atoms. The Bertz CT molecular complexity index is 581. The summed E-state index contributed by atoms with van der Waals surface area (Å²) in [6.07, 6.45) is 5.29. The maximum Gasteiger partial charge on any atom is 0.136 e. The van der Waals surface area contributed by atoms with Gasteiger partial charge in [0.25, 0.3) is 0 Å². The van der Waals surface area contributed by atoms with Gasteiger partial charge in [0.05, 0.1) is 11.8 Å². The number of nitrogens with one attached hydrogen (secondary N) is 1. The molecule has 2 aromatic heterocycles. The lowest BCUT2D eigenvalue weighted by Crippen LogP contribution is -2.21. The molecule has 3 N–H and O–H groups in total. The van der Waals surface area contributed by atoms with Gasteiger partial charge in [0.15, 0.2) is 0 Å². The second-order valence-electron chi connectivity index (χ2n) is 4.88. The summed E-state index contributed by atoms with van der Waals surface area (Å²) in [4.78, 5) is 4.72. The van der Waals surface area contributed by atoms with Crippen molar-refractivity contribution in [2.24, 2.45) is 5.73 Å². The zero-order valence-corrected chi connectivity index (χ0v) is 12.5. The minimum absolute atomic E-state index is 0.252. The zero-order chi connectivity index (χ0) is 14.5. The average Bonchev–Trinajstić information content (AvgIpc) is 2.89. The lowest BCUT2D eigenvalue weighted by atomic mass is 10.1. The van der Waals surface area contributed by atoms with Gasteiger partial charge in [-0.2, -0.15) is 0 Å². The van der Waals surface area contributed by atoms with E-state index < -0.39 is 0 Å². The van der Waals surface area contributed by atoms with Gasteiger partial charge in [0.2, 0.25) is 0 Å². The first kappa shape index (κ1) is 14.5. The highest BCUT2D eigenvalue weighted by atomic mass is 32.1. The zero-order valence-electron chi connectivity index (χ0n) is 11.7. The number of nitrogens with two attached hydrogens (primary N) is 1. The van der Waals surface area contributed by atoms with E-state index in [0.29, 0.717) is 4.99 Å². The van der Waals surface area contributed by atoms with Crippen molar-refractivity contribution >= 4 is 23.0 Å². The molecule has 0 amide bonds. The fourth-order valence-corrected chi connectivity index (χ4v) is 2.36. The number of hydrogen-bond donors (Lipinski definition) is 2. The summed E-state index contributed by atoms with van der Waals surface area (Å²) in [7, 11) is 0. The van der Waals surface area contributed by atoms with Gasteiger partial charge in [-0.1, -0.05) is 12.2 Å². The van der Waals surface area contributed by atoms with Gasteiger partial charge in [-0.3, -0.25) is 0 Å². The molecule has 106 valence electrons. The number of thiocarbonyl (C=S) groups is 1. The molecule has 0 saturated carbocycles. The number of aromatic nitrogens is 1. The van der Waals surface area contributed by atoms with Gasteiger partial charge in [0, 0.05) is 18.7 Å². The van der Waals surface area contributed by atoms with E-state index in [1.54, 1.807) is 12.5 Å². The number of pyridine rings is 1. The molecule has 0 radical (unpaired) electrons. The molecule has 2 aromatic rings. The van der Waals surface area contributed by atoms with Crippen molar-refractivity contribution in [2.75, 3.05) is 5.32 Å². The number of hydrogen-bond acceptors (Lipinski definition) is 4. The predicted octanol–water partition coefficient (Wildman–Crippen LogP) is 3.05. The number of rotatable bonds is 6. The molecule has 5 heteroatoms. The van der Waals surface area contributed by atoms with Gasteiger partial charge in [-0.25, -0.2) is 4.98 Å². The van der Waals surface area contributed by atoms with Gasteiger partial charge in [-0.05, 0) is 44.0 Å². The Hall–Kier alpha value is -1.88. The molecule has 0 bridgehead atoms. The Morgan fingerprint density at radius 1 is 1.50 bits per heavy atom. The van der Waals surface area contributed by atoms with Crippen LogP contribution >= 0.6 is 12.2 Å². The highest BCUT2D eigenvalue weighted by Gasteiger charge is 2.12. The van der Waals surface area contributed by atoms with Crippen LogP contribution in [0.3, 0.4) is 0 Å². The van der Waals surface area contributed by atoms with Crippen molar-refractivity contribution in [1.29, 1.82) is 0 Å². The van der Waals surface area contributed by atoms with E-state index in [2.05, 4.69) is 17.2 Å². The Morgan fingerprint density at radius 3 is 2.95 bits per heavy atom. The van der Waals surface area contributed by atoms with Crippen molar-refractivity contribution < 1.29 is 4.42 Å². The van der Waals surface area contributed by atoms with Gasteiger partial charge in [0.1, 0.15) is 16.6 Å². The fourth-order valence-electron chi connectivity index (χ4n) is 2.10. The van der Waals surface area contributed by atoms with Crippen LogP contribution in [-0.2, 0) is 6.42 Å². The number of anilines is 1. The molecule has 4 nitrogen and oxygen atoms in total. The highest BCUT2D eigenvalue weighted by Crippen LogP contribution is 2.18. The maximum absolute atomic E-state index is 5.78. The van der Waals surface area contributed by atoms with Gasteiger partial charge < -0.3 is 15.5 Å². The van der Waals surface area contributed by atoms with Crippen LogP contribution in [0.2, 0.25) is 0 Å². The normalized spacial score (nSPS) is 12.1. The molecule has 1 unspecified atom stereocenters. The minimum atomic E-state index is 0.252. The van der Waals surface area contributed by atoms with E-state index in [-0.39, 0.29) is 6.04 Å². The van der Waals surface area contributed by atoms with Crippen LogP contribution in [0.5, 0.6) is 0 Å². The number of nitrogens with zero attached hydrogens (tertiary/aromatic N) is 1. The summed E-state index contributed by atoms with van der Waals surface area (Å²) in [6, 6.07) is 6.05. The molecular weight excluding hydrogens is 270 g/mol. The summed E-state index contributed by atoms with van der Waals surface area (Å²) in [5, 5.41) is 3.37. The predicted molar refractivity (Wildman–Crippen MR) is 85.0 cm³/mol. The van der Waals surface area contributed by atoms with Crippen molar-refractivity contribution in [3.05, 3.63) is 47.5 Å². The summed E-state index contributed by atoms with van der Waals surface area (Å²) in [5.41, 5.74) is 7.64. The molecule has 0 fully saturated rings. The third-order valence-electron chi connectivity index (χ3n) is 3.19. The van der Waals surface area contributed by atoms with Crippen LogP contribution in [0.15, 0.2) is 35.1 Å². The second-order valence-corrected chi connectivity index (χ2v) is 5.32. The molecule has 0 saturated heterocycles. The largest absolute Gasteiger partial charge is 0.469 e. The second kappa shape index (κ2) is 6.52.